The number of amidine groups is 1. The van der Waals surface area contributed by atoms with Crippen molar-refractivity contribution in [1.82, 2.24) is 24.9 Å². The van der Waals surface area contributed by atoms with Gasteiger partial charge in [-0.05, 0) is 18.6 Å². The van der Waals surface area contributed by atoms with Crippen LogP contribution in [0.3, 0.4) is 0 Å². The first-order chi connectivity index (χ1) is 18.8. The fourth-order valence-corrected chi connectivity index (χ4v) is 5.67. The lowest BCUT2D eigenvalue weighted by Crippen LogP contribution is -2.47. The summed E-state index contributed by atoms with van der Waals surface area (Å²) in [5, 5.41) is 6.39. The van der Waals surface area contributed by atoms with Gasteiger partial charge in [0.05, 0.1) is 25.4 Å². The number of esters is 1. The number of rotatable bonds is 8. The van der Waals surface area contributed by atoms with Crippen molar-refractivity contribution in [3.63, 3.8) is 0 Å². The van der Waals surface area contributed by atoms with Gasteiger partial charge in [-0.3, -0.25) is 19.4 Å². The minimum Gasteiger partial charge on any atom is -0.466 e. The Morgan fingerprint density at radius 1 is 1.38 bits per heavy atom. The number of carbonyl (C=O) groups is 1. The molecule has 0 radical (unpaired) electrons. The Hall–Kier alpha value is -3.39. The van der Waals surface area contributed by atoms with E-state index in [9.17, 15) is 14.0 Å². The fraction of sp³-hybridized carbons (Fsp3) is 0.400. The molecule has 0 saturated carbocycles. The van der Waals surface area contributed by atoms with E-state index in [4.69, 9.17) is 26.1 Å². The summed E-state index contributed by atoms with van der Waals surface area (Å²) >= 11 is 7.88. The van der Waals surface area contributed by atoms with Gasteiger partial charge in [-0.2, -0.15) is 0 Å². The van der Waals surface area contributed by atoms with E-state index in [1.54, 1.807) is 6.20 Å². The first-order valence-corrected chi connectivity index (χ1v) is 13.5. The normalized spacial score (nSPS) is 20.3. The van der Waals surface area contributed by atoms with Crippen molar-refractivity contribution in [2.75, 3.05) is 40.4 Å². The zero-order valence-corrected chi connectivity index (χ0v) is 22.8. The molecule has 11 nitrogen and oxygen atoms in total. The molecular formula is C25H26ClFN6O5S. The number of carbonyl (C=O) groups excluding carboxylic acids is 1. The number of ether oxygens (including phenoxy) is 2. The molecule has 1 saturated heterocycles. The maximum absolute atomic E-state index is 13.9. The summed E-state index contributed by atoms with van der Waals surface area (Å²) in [6.07, 6.45) is 2.68. The van der Waals surface area contributed by atoms with Gasteiger partial charge in [-0.1, -0.05) is 22.8 Å². The molecule has 5 rings (SSSR count). The summed E-state index contributed by atoms with van der Waals surface area (Å²) in [7, 11) is 3.15. The molecular weight excluding hydrogens is 551 g/mol. The van der Waals surface area contributed by atoms with Crippen LogP contribution in [0.15, 0.2) is 55.4 Å². The number of H-pyrrole nitrogens is 1. The number of morpholine rings is 1. The SMILES string of the molecule is COC(=O)C1=C(CN2CCOC(CCc3noc(=O)[nH]3)C2)N(C)C(c2nccs2)=NC1c1ccc(F)cc1Cl. The van der Waals surface area contributed by atoms with E-state index in [0.717, 1.165) is 0 Å². The van der Waals surface area contributed by atoms with Gasteiger partial charge >= 0.3 is 11.7 Å². The van der Waals surface area contributed by atoms with Gasteiger partial charge in [0, 0.05) is 61.0 Å². The highest BCUT2D eigenvalue weighted by Crippen LogP contribution is 2.39. The van der Waals surface area contributed by atoms with E-state index in [-0.39, 0.29) is 11.1 Å². The number of nitrogens with one attached hydrogen (secondary N) is 1. The van der Waals surface area contributed by atoms with Gasteiger partial charge in [0.15, 0.2) is 16.7 Å². The van der Waals surface area contributed by atoms with Crippen LogP contribution < -0.4 is 5.76 Å². The van der Waals surface area contributed by atoms with E-state index in [2.05, 4.69) is 24.5 Å². The summed E-state index contributed by atoms with van der Waals surface area (Å²) in [5.41, 5.74) is 1.48. The van der Waals surface area contributed by atoms with Crippen LogP contribution in [0.2, 0.25) is 5.02 Å². The van der Waals surface area contributed by atoms with Crippen molar-refractivity contribution in [3.05, 3.63) is 78.8 Å². The Labute approximate surface area is 231 Å². The Balaban J connectivity index is 1.47. The summed E-state index contributed by atoms with van der Waals surface area (Å²) in [6.45, 7) is 2.10. The van der Waals surface area contributed by atoms with Crippen LogP contribution in [-0.4, -0.2) is 83.2 Å². The van der Waals surface area contributed by atoms with Gasteiger partial charge < -0.3 is 14.4 Å². The highest BCUT2D eigenvalue weighted by Gasteiger charge is 2.37. The Kier molecular flexibility index (Phi) is 8.21. The predicted octanol–water partition coefficient (Wildman–Crippen LogP) is 2.81. The molecule has 3 aromatic rings. The van der Waals surface area contributed by atoms with Crippen LogP contribution in [0.1, 0.15) is 28.9 Å². The van der Waals surface area contributed by atoms with Crippen molar-refractivity contribution >= 4 is 34.7 Å². The largest absolute Gasteiger partial charge is 0.466 e. The first-order valence-electron chi connectivity index (χ1n) is 12.2. The summed E-state index contributed by atoms with van der Waals surface area (Å²) < 4.78 is 29.6. The zero-order chi connectivity index (χ0) is 27.5. The van der Waals surface area contributed by atoms with Crippen LogP contribution in [-0.2, 0) is 20.7 Å². The maximum Gasteiger partial charge on any atom is 0.438 e. The summed E-state index contributed by atoms with van der Waals surface area (Å²) in [6, 6.07) is 3.21. The van der Waals surface area contributed by atoms with E-state index < -0.39 is 23.6 Å². The topological polar surface area (TPSA) is 126 Å². The second kappa shape index (κ2) is 11.8. The molecule has 2 aromatic heterocycles. The van der Waals surface area contributed by atoms with Gasteiger partial charge in [-0.15, -0.1) is 11.3 Å². The number of aromatic nitrogens is 3. The highest BCUT2D eigenvalue weighted by atomic mass is 35.5. The van der Waals surface area contributed by atoms with E-state index in [0.29, 0.717) is 72.6 Å². The van der Waals surface area contributed by atoms with Crippen LogP contribution in [0.5, 0.6) is 0 Å². The monoisotopic (exact) mass is 576 g/mol. The number of aliphatic imine (C=N–C) groups is 1. The summed E-state index contributed by atoms with van der Waals surface area (Å²) in [5.74, 6) is -0.598. The predicted molar refractivity (Wildman–Crippen MR) is 141 cm³/mol. The molecule has 1 aromatic carbocycles. The van der Waals surface area contributed by atoms with E-state index in [1.165, 1.54) is 36.6 Å². The number of likely N-dealkylation sites (N-methyl/N-ethyl adjacent to an activating group) is 1. The molecule has 39 heavy (non-hydrogen) atoms. The quantitative estimate of drug-likeness (QED) is 0.403. The van der Waals surface area contributed by atoms with Crippen molar-refractivity contribution in [2.24, 2.45) is 4.99 Å². The Morgan fingerprint density at radius 3 is 2.92 bits per heavy atom. The van der Waals surface area contributed by atoms with Crippen LogP contribution in [0.25, 0.3) is 0 Å². The third-order valence-corrected chi connectivity index (χ3v) is 7.73. The highest BCUT2D eigenvalue weighted by molar-refractivity contribution is 7.11. The molecule has 14 heteroatoms. The number of hydrogen-bond donors (Lipinski definition) is 1. The molecule has 2 atom stereocenters. The molecule has 2 unspecified atom stereocenters. The van der Waals surface area contributed by atoms with Crippen molar-refractivity contribution < 1.29 is 23.2 Å². The fourth-order valence-electron chi connectivity index (χ4n) is 4.73. The zero-order valence-electron chi connectivity index (χ0n) is 21.2. The molecule has 0 amide bonds. The lowest BCUT2D eigenvalue weighted by molar-refractivity contribution is -0.136. The Morgan fingerprint density at radius 2 is 2.23 bits per heavy atom. The van der Waals surface area contributed by atoms with Crippen LogP contribution in [0, 0.1) is 5.82 Å². The van der Waals surface area contributed by atoms with Crippen LogP contribution >= 0.6 is 22.9 Å². The number of hydrogen-bond acceptors (Lipinski definition) is 11. The average Bonchev–Trinajstić information content (AvgIpc) is 3.60. The smallest absolute Gasteiger partial charge is 0.438 e. The maximum atomic E-state index is 13.9. The molecule has 1 fully saturated rings. The number of methoxy groups -OCH3 is 1. The molecule has 1 N–H and O–H groups in total. The molecule has 4 heterocycles. The van der Waals surface area contributed by atoms with Gasteiger partial charge in [0.1, 0.15) is 11.9 Å². The minimum absolute atomic E-state index is 0.121. The molecule has 206 valence electrons. The molecule has 0 aliphatic carbocycles. The Bertz CT molecular complexity index is 1450. The molecule has 2 aliphatic heterocycles. The lowest BCUT2D eigenvalue weighted by Gasteiger charge is -2.38. The van der Waals surface area contributed by atoms with Gasteiger partial charge in [-0.25, -0.2) is 19.0 Å². The number of benzene rings is 1. The third kappa shape index (κ3) is 5.96. The lowest BCUT2D eigenvalue weighted by atomic mass is 9.94. The van der Waals surface area contributed by atoms with Crippen molar-refractivity contribution in [1.29, 1.82) is 0 Å². The molecule has 0 bridgehead atoms. The van der Waals surface area contributed by atoms with Crippen LogP contribution in [0.4, 0.5) is 4.39 Å². The van der Waals surface area contributed by atoms with Crippen molar-refractivity contribution in [3.8, 4) is 0 Å². The number of halogens is 2. The second-order valence-corrected chi connectivity index (χ2v) is 10.4. The number of nitrogens with zero attached hydrogens (tertiary/aromatic N) is 5. The minimum atomic E-state index is -0.823. The number of aryl methyl sites for hydroxylation is 1. The van der Waals surface area contributed by atoms with E-state index in [1.807, 2.05) is 17.3 Å². The third-order valence-electron chi connectivity index (χ3n) is 6.63. The first kappa shape index (κ1) is 27.2. The standard InChI is InChI=1S/C25H26ClFN6O5S/c1-32-18(13-33-8-9-37-15(12-33)4-6-19-29-25(35)38-31-19)20(24(34)36-2)21(16-5-3-14(27)11-17(16)26)30-22(32)23-28-7-10-39-23/h3,5,7,10-11,15,21H,4,6,8-9,12-13H2,1-2H3,(H,29,31,35). The second-order valence-electron chi connectivity index (χ2n) is 9.08. The van der Waals surface area contributed by atoms with E-state index >= 15 is 0 Å². The number of thiazole rings is 1. The molecule has 0 spiro atoms. The van der Waals surface area contributed by atoms with Gasteiger partial charge in [0.25, 0.3) is 0 Å². The summed E-state index contributed by atoms with van der Waals surface area (Å²) in [4.78, 5) is 40.4. The average molecular weight is 577 g/mol. The van der Waals surface area contributed by atoms with Gasteiger partial charge in [0.2, 0.25) is 0 Å². The van der Waals surface area contributed by atoms with Crippen molar-refractivity contribution in [2.45, 2.75) is 25.0 Å². The number of aromatic amines is 1. The molecule has 2 aliphatic rings.